The smallest absolute Gasteiger partial charge is 0.123 e. The molecule has 96 valence electrons. The third-order valence-electron chi connectivity index (χ3n) is 3.76. The summed E-state index contributed by atoms with van der Waals surface area (Å²) in [5, 5.41) is 0. The summed E-state index contributed by atoms with van der Waals surface area (Å²) in [5.41, 5.74) is 5.20. The zero-order chi connectivity index (χ0) is 13.5. The molecule has 1 aliphatic rings. The van der Waals surface area contributed by atoms with Gasteiger partial charge in [0.05, 0.1) is 5.69 Å². The van der Waals surface area contributed by atoms with E-state index in [0.717, 1.165) is 27.9 Å². The van der Waals surface area contributed by atoms with E-state index in [0.29, 0.717) is 0 Å². The van der Waals surface area contributed by atoms with Gasteiger partial charge in [-0.25, -0.2) is 14.4 Å². The van der Waals surface area contributed by atoms with E-state index in [2.05, 4.69) is 22.1 Å². The number of halogens is 1. The molecule has 3 aromatic rings. The molecule has 1 unspecified atom stereocenters. The summed E-state index contributed by atoms with van der Waals surface area (Å²) >= 11 is 0. The number of fused-ring (bicyclic) bond motifs is 3. The molecule has 0 N–H and O–H groups in total. The van der Waals surface area contributed by atoms with Gasteiger partial charge in [0.1, 0.15) is 12.1 Å². The lowest BCUT2D eigenvalue weighted by Gasteiger charge is -2.13. The van der Waals surface area contributed by atoms with Crippen molar-refractivity contribution in [1.82, 2.24) is 9.97 Å². The van der Waals surface area contributed by atoms with Gasteiger partial charge in [-0.2, -0.15) is 0 Å². The second-order valence-electron chi connectivity index (χ2n) is 4.90. The van der Waals surface area contributed by atoms with E-state index in [1.807, 2.05) is 24.4 Å². The van der Waals surface area contributed by atoms with Crippen LogP contribution in [0.1, 0.15) is 22.6 Å². The lowest BCUT2D eigenvalue weighted by molar-refractivity contribution is 0.625. The Morgan fingerprint density at radius 1 is 0.950 bits per heavy atom. The third kappa shape index (κ3) is 1.56. The molecule has 0 bridgehead atoms. The summed E-state index contributed by atoms with van der Waals surface area (Å²) < 4.78 is 13.5. The third-order valence-corrected chi connectivity index (χ3v) is 3.76. The zero-order valence-corrected chi connectivity index (χ0v) is 10.6. The Balaban J connectivity index is 2.00. The molecule has 1 aliphatic carbocycles. The Morgan fingerprint density at radius 3 is 2.75 bits per heavy atom. The Bertz CT molecular complexity index is 753. The summed E-state index contributed by atoms with van der Waals surface area (Å²) in [6, 6.07) is 14.9. The van der Waals surface area contributed by atoms with E-state index in [1.54, 1.807) is 18.5 Å². The Kier molecular flexibility index (Phi) is 2.39. The van der Waals surface area contributed by atoms with E-state index in [1.165, 1.54) is 6.07 Å². The molecule has 1 aromatic heterocycles. The van der Waals surface area contributed by atoms with Crippen molar-refractivity contribution in [1.29, 1.82) is 0 Å². The van der Waals surface area contributed by atoms with Crippen LogP contribution in [-0.4, -0.2) is 9.97 Å². The van der Waals surface area contributed by atoms with Gasteiger partial charge < -0.3 is 0 Å². The van der Waals surface area contributed by atoms with E-state index < -0.39 is 0 Å². The van der Waals surface area contributed by atoms with Crippen LogP contribution < -0.4 is 0 Å². The lowest BCUT2D eigenvalue weighted by atomic mass is 9.90. The molecule has 1 heterocycles. The first-order chi connectivity index (χ1) is 9.84. The maximum absolute atomic E-state index is 13.5. The number of nitrogens with zero attached hydrogens (tertiary/aromatic N) is 2. The molecule has 0 amide bonds. The maximum Gasteiger partial charge on any atom is 0.123 e. The molecule has 2 aromatic carbocycles. The fraction of sp³-hybridized carbons (Fsp3) is 0.0588. The summed E-state index contributed by atoms with van der Waals surface area (Å²) in [6.45, 7) is 0. The highest BCUT2D eigenvalue weighted by molar-refractivity contribution is 5.77. The highest BCUT2D eigenvalue weighted by Gasteiger charge is 2.30. The highest BCUT2D eigenvalue weighted by Crippen LogP contribution is 2.46. The van der Waals surface area contributed by atoms with Crippen LogP contribution in [0, 0.1) is 5.82 Å². The second-order valence-corrected chi connectivity index (χ2v) is 4.90. The van der Waals surface area contributed by atoms with Crippen LogP contribution in [0.3, 0.4) is 0 Å². The summed E-state index contributed by atoms with van der Waals surface area (Å²) in [4.78, 5) is 8.53. The van der Waals surface area contributed by atoms with Crippen molar-refractivity contribution in [2.24, 2.45) is 0 Å². The molecule has 2 nitrogen and oxygen atoms in total. The molecule has 0 fully saturated rings. The van der Waals surface area contributed by atoms with Gasteiger partial charge in [-0.15, -0.1) is 0 Å². The van der Waals surface area contributed by atoms with Gasteiger partial charge in [-0.3, -0.25) is 0 Å². The van der Waals surface area contributed by atoms with Gasteiger partial charge in [-0.05, 0) is 23.3 Å². The minimum Gasteiger partial charge on any atom is -0.244 e. The Morgan fingerprint density at radius 2 is 1.85 bits per heavy atom. The molecular weight excluding hydrogens is 251 g/mol. The van der Waals surface area contributed by atoms with Crippen LogP contribution >= 0.6 is 0 Å². The molecule has 20 heavy (non-hydrogen) atoms. The predicted molar refractivity (Wildman–Crippen MR) is 74.8 cm³/mol. The first-order valence-electron chi connectivity index (χ1n) is 6.49. The van der Waals surface area contributed by atoms with E-state index in [4.69, 9.17) is 0 Å². The molecule has 0 radical (unpaired) electrons. The van der Waals surface area contributed by atoms with Crippen LogP contribution in [0.15, 0.2) is 61.1 Å². The van der Waals surface area contributed by atoms with Gasteiger partial charge in [0.15, 0.2) is 0 Å². The van der Waals surface area contributed by atoms with E-state index in [9.17, 15) is 4.39 Å². The number of benzene rings is 2. The van der Waals surface area contributed by atoms with Crippen molar-refractivity contribution in [3.8, 4) is 11.3 Å². The topological polar surface area (TPSA) is 25.8 Å². The van der Waals surface area contributed by atoms with Crippen LogP contribution in [0.2, 0.25) is 0 Å². The van der Waals surface area contributed by atoms with Gasteiger partial charge >= 0.3 is 0 Å². The first kappa shape index (κ1) is 11.3. The SMILES string of the molecule is Fc1cccc(C2c3ccccc3-c3ncncc32)c1. The minimum absolute atomic E-state index is 0.0121. The van der Waals surface area contributed by atoms with Gasteiger partial charge in [0, 0.05) is 23.2 Å². The largest absolute Gasteiger partial charge is 0.244 e. The fourth-order valence-corrected chi connectivity index (χ4v) is 2.95. The molecular formula is C17H11FN2. The summed E-state index contributed by atoms with van der Waals surface area (Å²) in [5.74, 6) is -0.205. The van der Waals surface area contributed by atoms with Crippen molar-refractivity contribution >= 4 is 0 Å². The van der Waals surface area contributed by atoms with Crippen LogP contribution in [0.5, 0.6) is 0 Å². The standard InChI is InChI=1S/C17H11FN2/c18-12-5-3-4-11(8-12)16-13-6-1-2-7-14(13)17-15(16)9-19-10-20-17/h1-10,16H. The molecule has 0 aliphatic heterocycles. The first-order valence-corrected chi connectivity index (χ1v) is 6.49. The van der Waals surface area contributed by atoms with Crippen molar-refractivity contribution in [2.45, 2.75) is 5.92 Å². The number of hydrogen-bond acceptors (Lipinski definition) is 2. The molecule has 0 saturated carbocycles. The van der Waals surface area contributed by atoms with Crippen LogP contribution in [0.25, 0.3) is 11.3 Å². The predicted octanol–water partition coefficient (Wildman–Crippen LogP) is 3.78. The quantitative estimate of drug-likeness (QED) is 0.521. The van der Waals surface area contributed by atoms with E-state index >= 15 is 0 Å². The monoisotopic (exact) mass is 262 g/mol. The van der Waals surface area contributed by atoms with Crippen molar-refractivity contribution in [3.05, 3.63) is 83.6 Å². The van der Waals surface area contributed by atoms with Crippen molar-refractivity contribution in [2.75, 3.05) is 0 Å². The van der Waals surface area contributed by atoms with Gasteiger partial charge in [0.2, 0.25) is 0 Å². The number of hydrogen-bond donors (Lipinski definition) is 0. The molecule has 1 atom stereocenters. The normalized spacial score (nSPS) is 15.8. The van der Waals surface area contributed by atoms with Crippen molar-refractivity contribution in [3.63, 3.8) is 0 Å². The Labute approximate surface area is 116 Å². The van der Waals surface area contributed by atoms with Crippen molar-refractivity contribution < 1.29 is 4.39 Å². The molecule has 0 spiro atoms. The average Bonchev–Trinajstić information content (AvgIpc) is 2.82. The number of rotatable bonds is 1. The summed E-state index contributed by atoms with van der Waals surface area (Å²) in [7, 11) is 0. The van der Waals surface area contributed by atoms with Gasteiger partial charge in [0.25, 0.3) is 0 Å². The average molecular weight is 262 g/mol. The molecule has 0 saturated heterocycles. The molecule has 3 heteroatoms. The maximum atomic E-state index is 13.5. The zero-order valence-electron chi connectivity index (χ0n) is 10.6. The Hall–Kier alpha value is -2.55. The fourth-order valence-electron chi connectivity index (χ4n) is 2.95. The van der Waals surface area contributed by atoms with E-state index in [-0.39, 0.29) is 11.7 Å². The number of aromatic nitrogens is 2. The highest BCUT2D eigenvalue weighted by atomic mass is 19.1. The molecule has 4 rings (SSSR count). The minimum atomic E-state index is -0.217. The van der Waals surface area contributed by atoms with Gasteiger partial charge in [-0.1, -0.05) is 36.4 Å². The summed E-state index contributed by atoms with van der Waals surface area (Å²) in [6.07, 6.45) is 3.39. The second kappa shape index (κ2) is 4.23. The lowest BCUT2D eigenvalue weighted by Crippen LogP contribution is -2.00. The van der Waals surface area contributed by atoms with Crippen LogP contribution in [-0.2, 0) is 0 Å². The van der Waals surface area contributed by atoms with Crippen LogP contribution in [0.4, 0.5) is 4.39 Å².